The van der Waals surface area contributed by atoms with Gasteiger partial charge in [0.2, 0.25) is 5.91 Å². The highest BCUT2D eigenvalue weighted by molar-refractivity contribution is 5.97. The van der Waals surface area contributed by atoms with Gasteiger partial charge in [-0.25, -0.2) is 0 Å². The van der Waals surface area contributed by atoms with Crippen LogP contribution in [0, 0.1) is 24.7 Å². The molecule has 0 radical (unpaired) electrons. The Labute approximate surface area is 159 Å². The molecule has 0 bridgehead atoms. The number of piperidine rings is 1. The summed E-state index contributed by atoms with van der Waals surface area (Å²) in [7, 11) is 0. The fourth-order valence-corrected chi connectivity index (χ4v) is 4.17. The van der Waals surface area contributed by atoms with Crippen molar-refractivity contribution in [3.05, 3.63) is 29.3 Å². The standard InChI is InChI=1S/C21H28N2O4/c1-13-4-3-9-23(12-13)20(25)16-7-8-18(14(2)10-16)22-19(24)15-5-6-17(11-15)21(26)27/h7-8,10,13,15,17H,3-6,9,11-12H2,1-2H3,(H,22,24)(H,26,27)/t13?,15-,17+/m1/s1. The first-order valence-electron chi connectivity index (χ1n) is 9.78. The summed E-state index contributed by atoms with van der Waals surface area (Å²) < 4.78 is 0. The van der Waals surface area contributed by atoms with E-state index in [9.17, 15) is 14.4 Å². The zero-order valence-corrected chi connectivity index (χ0v) is 16.0. The summed E-state index contributed by atoms with van der Waals surface area (Å²) in [6, 6.07) is 5.36. The fourth-order valence-electron chi connectivity index (χ4n) is 4.17. The van der Waals surface area contributed by atoms with E-state index in [1.54, 1.807) is 12.1 Å². The van der Waals surface area contributed by atoms with Crippen LogP contribution >= 0.6 is 0 Å². The first-order chi connectivity index (χ1) is 12.8. The average molecular weight is 372 g/mol. The Kier molecular flexibility index (Phi) is 5.82. The van der Waals surface area contributed by atoms with Crippen LogP contribution in [0.25, 0.3) is 0 Å². The number of amides is 2. The molecular weight excluding hydrogens is 344 g/mol. The number of rotatable bonds is 4. The summed E-state index contributed by atoms with van der Waals surface area (Å²) in [5.74, 6) is -1.07. The quantitative estimate of drug-likeness (QED) is 0.849. The van der Waals surface area contributed by atoms with E-state index in [2.05, 4.69) is 12.2 Å². The minimum atomic E-state index is -0.823. The number of aryl methyl sites for hydroxylation is 1. The Bertz CT molecular complexity index is 746. The van der Waals surface area contributed by atoms with Crippen LogP contribution in [0.5, 0.6) is 0 Å². The Morgan fingerprint density at radius 1 is 1.15 bits per heavy atom. The molecule has 1 unspecified atom stereocenters. The van der Waals surface area contributed by atoms with Gasteiger partial charge in [-0.3, -0.25) is 14.4 Å². The molecule has 6 nitrogen and oxygen atoms in total. The lowest BCUT2D eigenvalue weighted by Gasteiger charge is -2.31. The predicted molar refractivity (Wildman–Crippen MR) is 103 cm³/mol. The Morgan fingerprint density at radius 3 is 2.52 bits per heavy atom. The number of aliphatic carboxylic acids is 1. The molecular formula is C21H28N2O4. The molecule has 2 aliphatic rings. The Balaban J connectivity index is 1.64. The van der Waals surface area contributed by atoms with Gasteiger partial charge in [-0.2, -0.15) is 0 Å². The molecule has 1 aliphatic heterocycles. The van der Waals surface area contributed by atoms with Crippen LogP contribution < -0.4 is 5.32 Å². The molecule has 0 spiro atoms. The molecule has 0 aromatic heterocycles. The number of carboxylic acids is 1. The third-order valence-corrected chi connectivity index (χ3v) is 5.83. The summed E-state index contributed by atoms with van der Waals surface area (Å²) in [5, 5.41) is 12.0. The van der Waals surface area contributed by atoms with E-state index < -0.39 is 11.9 Å². The SMILES string of the molecule is Cc1cc(C(=O)N2CCCC(C)C2)ccc1NC(=O)[C@@H]1CC[C@H](C(=O)O)C1. The van der Waals surface area contributed by atoms with Gasteiger partial charge in [-0.1, -0.05) is 6.92 Å². The van der Waals surface area contributed by atoms with Crippen LogP contribution in [0.1, 0.15) is 54.9 Å². The maximum absolute atomic E-state index is 12.7. The highest BCUT2D eigenvalue weighted by Gasteiger charge is 2.34. The van der Waals surface area contributed by atoms with Crippen LogP contribution in [-0.2, 0) is 9.59 Å². The van der Waals surface area contributed by atoms with Crippen LogP contribution in [-0.4, -0.2) is 40.9 Å². The minimum Gasteiger partial charge on any atom is -0.481 e. The molecule has 1 heterocycles. The highest BCUT2D eigenvalue weighted by Crippen LogP contribution is 2.32. The largest absolute Gasteiger partial charge is 0.481 e. The summed E-state index contributed by atoms with van der Waals surface area (Å²) in [6.07, 6.45) is 3.75. The van der Waals surface area contributed by atoms with Crippen molar-refractivity contribution >= 4 is 23.5 Å². The second kappa shape index (κ2) is 8.11. The number of nitrogens with one attached hydrogen (secondary N) is 1. The predicted octanol–water partition coefficient (Wildman–Crippen LogP) is 3.31. The van der Waals surface area contributed by atoms with Crippen molar-refractivity contribution in [2.45, 2.75) is 46.0 Å². The van der Waals surface area contributed by atoms with Crippen LogP contribution in [0.2, 0.25) is 0 Å². The monoisotopic (exact) mass is 372 g/mol. The van der Waals surface area contributed by atoms with E-state index >= 15 is 0 Å². The normalized spacial score (nSPS) is 25.3. The van der Waals surface area contributed by atoms with Crippen molar-refractivity contribution < 1.29 is 19.5 Å². The summed E-state index contributed by atoms with van der Waals surface area (Å²) >= 11 is 0. The van der Waals surface area contributed by atoms with E-state index in [1.165, 1.54) is 0 Å². The molecule has 1 saturated heterocycles. The topological polar surface area (TPSA) is 86.7 Å². The lowest BCUT2D eigenvalue weighted by Crippen LogP contribution is -2.39. The van der Waals surface area contributed by atoms with Crippen molar-refractivity contribution in [2.75, 3.05) is 18.4 Å². The summed E-state index contributed by atoms with van der Waals surface area (Å²) in [4.78, 5) is 38.2. The molecule has 1 aliphatic carbocycles. The number of hydrogen-bond acceptors (Lipinski definition) is 3. The van der Waals surface area contributed by atoms with E-state index in [-0.39, 0.29) is 17.7 Å². The van der Waals surface area contributed by atoms with Gasteiger partial charge in [0.05, 0.1) is 5.92 Å². The fraction of sp³-hybridized carbons (Fsp3) is 0.571. The number of benzene rings is 1. The number of nitrogens with zero attached hydrogens (tertiary/aromatic N) is 1. The number of likely N-dealkylation sites (tertiary alicyclic amines) is 1. The average Bonchev–Trinajstić information content (AvgIpc) is 3.13. The van der Waals surface area contributed by atoms with Crippen molar-refractivity contribution in [1.82, 2.24) is 4.90 Å². The van der Waals surface area contributed by atoms with Crippen LogP contribution in [0.15, 0.2) is 18.2 Å². The van der Waals surface area contributed by atoms with Gasteiger partial charge in [0.1, 0.15) is 0 Å². The van der Waals surface area contributed by atoms with Crippen LogP contribution in [0.4, 0.5) is 5.69 Å². The molecule has 2 N–H and O–H groups in total. The zero-order valence-electron chi connectivity index (χ0n) is 16.0. The smallest absolute Gasteiger partial charge is 0.306 e. The molecule has 27 heavy (non-hydrogen) atoms. The summed E-state index contributed by atoms with van der Waals surface area (Å²) in [6.45, 7) is 5.64. The molecule has 1 aromatic carbocycles. The maximum atomic E-state index is 12.7. The van der Waals surface area contributed by atoms with Crippen molar-refractivity contribution in [1.29, 1.82) is 0 Å². The molecule has 2 amide bonds. The van der Waals surface area contributed by atoms with Gasteiger partial charge in [0.15, 0.2) is 0 Å². The molecule has 1 aromatic rings. The third-order valence-electron chi connectivity index (χ3n) is 5.83. The van der Waals surface area contributed by atoms with Gasteiger partial charge in [0, 0.05) is 30.3 Å². The number of hydrogen-bond donors (Lipinski definition) is 2. The molecule has 146 valence electrons. The molecule has 1 saturated carbocycles. The Hall–Kier alpha value is -2.37. The summed E-state index contributed by atoms with van der Waals surface area (Å²) in [5.41, 5.74) is 2.17. The minimum absolute atomic E-state index is 0.0441. The van der Waals surface area contributed by atoms with Crippen molar-refractivity contribution in [3.63, 3.8) is 0 Å². The Morgan fingerprint density at radius 2 is 1.89 bits per heavy atom. The van der Waals surface area contributed by atoms with E-state index in [4.69, 9.17) is 5.11 Å². The first-order valence-corrected chi connectivity index (χ1v) is 9.78. The van der Waals surface area contributed by atoms with Gasteiger partial charge < -0.3 is 15.3 Å². The molecule has 2 fully saturated rings. The third kappa shape index (κ3) is 4.49. The van der Waals surface area contributed by atoms with E-state index in [1.807, 2.05) is 17.9 Å². The van der Waals surface area contributed by atoms with Gasteiger partial charge in [-0.05, 0) is 68.7 Å². The number of anilines is 1. The van der Waals surface area contributed by atoms with Crippen molar-refractivity contribution in [2.24, 2.45) is 17.8 Å². The number of carbonyl (C=O) groups is 3. The van der Waals surface area contributed by atoms with Crippen molar-refractivity contribution in [3.8, 4) is 0 Å². The van der Waals surface area contributed by atoms with E-state index in [0.29, 0.717) is 36.4 Å². The zero-order chi connectivity index (χ0) is 19.6. The lowest BCUT2D eigenvalue weighted by atomic mass is 9.99. The number of carboxylic acid groups (broad SMARTS) is 1. The first kappa shape index (κ1) is 19.4. The number of carbonyl (C=O) groups excluding carboxylic acids is 2. The lowest BCUT2D eigenvalue weighted by molar-refractivity contribution is -0.141. The molecule has 3 rings (SSSR count). The maximum Gasteiger partial charge on any atom is 0.306 e. The second-order valence-electron chi connectivity index (χ2n) is 8.06. The second-order valence-corrected chi connectivity index (χ2v) is 8.06. The van der Waals surface area contributed by atoms with E-state index in [0.717, 1.165) is 31.5 Å². The van der Waals surface area contributed by atoms with Crippen LogP contribution in [0.3, 0.4) is 0 Å². The van der Waals surface area contributed by atoms with Gasteiger partial charge in [-0.15, -0.1) is 0 Å². The molecule has 6 heteroatoms. The highest BCUT2D eigenvalue weighted by atomic mass is 16.4. The molecule has 3 atom stereocenters. The van der Waals surface area contributed by atoms with Gasteiger partial charge >= 0.3 is 5.97 Å². The van der Waals surface area contributed by atoms with Gasteiger partial charge in [0.25, 0.3) is 5.91 Å².